The average molecular weight is 595 g/mol. The molecule has 0 saturated carbocycles. The van der Waals surface area contributed by atoms with Crippen LogP contribution in [0.2, 0.25) is 0 Å². The second kappa shape index (κ2) is 15.5. The van der Waals surface area contributed by atoms with Crippen molar-refractivity contribution in [1.82, 2.24) is 0 Å². The van der Waals surface area contributed by atoms with Crippen molar-refractivity contribution in [1.29, 1.82) is 0 Å². The molecule has 234 valence electrons. The lowest BCUT2D eigenvalue weighted by Gasteiger charge is -2.44. The fourth-order valence-corrected chi connectivity index (χ4v) is 4.20. The summed E-state index contributed by atoms with van der Waals surface area (Å²) >= 11 is 0. The normalized spacial score (nSPS) is 37.4. The highest BCUT2D eigenvalue weighted by Crippen LogP contribution is 2.27. The fraction of sp³-hybridized carbons (Fsp3) is 0.708. The van der Waals surface area contributed by atoms with E-state index in [-0.39, 0.29) is 0 Å². The highest BCUT2D eigenvalue weighted by Gasteiger charge is 2.49. The van der Waals surface area contributed by atoms with Gasteiger partial charge in [-0.25, -0.2) is 0 Å². The van der Waals surface area contributed by atoms with Crippen LogP contribution in [0.4, 0.5) is 5.69 Å². The van der Waals surface area contributed by atoms with Crippen LogP contribution in [-0.4, -0.2) is 168 Å². The summed E-state index contributed by atoms with van der Waals surface area (Å²) in [6.45, 7) is -2.32. The molecule has 2 aliphatic rings. The van der Waals surface area contributed by atoms with Gasteiger partial charge in [-0.05, 0) is 12.1 Å². The van der Waals surface area contributed by atoms with E-state index in [1.165, 1.54) is 0 Å². The predicted octanol–water partition coefficient (Wildman–Crippen LogP) is -5.83. The van der Waals surface area contributed by atoms with Crippen LogP contribution in [0.1, 0.15) is 0 Å². The van der Waals surface area contributed by atoms with Gasteiger partial charge in [0.1, 0.15) is 73.2 Å². The van der Waals surface area contributed by atoms with E-state index in [4.69, 9.17) is 18.9 Å². The molecule has 2 saturated heterocycles. The van der Waals surface area contributed by atoms with Crippen LogP contribution in [0.15, 0.2) is 35.4 Å². The molecule has 0 spiro atoms. The van der Waals surface area contributed by atoms with Crippen molar-refractivity contribution >= 4 is 11.9 Å². The summed E-state index contributed by atoms with van der Waals surface area (Å²) in [5, 5.41) is 115. The summed E-state index contributed by atoms with van der Waals surface area (Å²) in [5.41, 5.74) is 3.17. The van der Waals surface area contributed by atoms with Gasteiger partial charge in [-0.15, -0.1) is 0 Å². The van der Waals surface area contributed by atoms with Crippen molar-refractivity contribution in [3.05, 3.63) is 30.3 Å². The van der Waals surface area contributed by atoms with E-state index >= 15 is 0 Å². The van der Waals surface area contributed by atoms with E-state index in [0.717, 1.165) is 6.21 Å². The van der Waals surface area contributed by atoms with Crippen LogP contribution < -0.4 is 5.43 Å². The third kappa shape index (κ3) is 8.35. The van der Waals surface area contributed by atoms with Gasteiger partial charge < -0.3 is 75.1 Å². The number of benzene rings is 1. The van der Waals surface area contributed by atoms with Crippen LogP contribution in [0, 0.1) is 0 Å². The lowest BCUT2D eigenvalue weighted by molar-refractivity contribution is -0.343. The van der Waals surface area contributed by atoms with Gasteiger partial charge in [0.25, 0.3) is 0 Å². The Kier molecular flexibility index (Phi) is 12.7. The number of hydrazone groups is 1. The molecule has 14 unspecified atom stereocenters. The molecular weight excluding hydrogens is 556 g/mol. The Morgan fingerprint density at radius 1 is 0.805 bits per heavy atom. The number of para-hydroxylation sites is 1. The van der Waals surface area contributed by atoms with Gasteiger partial charge in [-0.2, -0.15) is 5.10 Å². The Balaban J connectivity index is 1.66. The first-order valence-corrected chi connectivity index (χ1v) is 12.8. The second-order valence-corrected chi connectivity index (χ2v) is 9.63. The zero-order valence-electron chi connectivity index (χ0n) is 21.7. The summed E-state index contributed by atoms with van der Waals surface area (Å²) in [6, 6.07) is 8.60. The molecule has 0 radical (unpaired) electrons. The minimum absolute atomic E-state index is 0.567. The molecule has 1 aromatic carbocycles. The summed E-state index contributed by atoms with van der Waals surface area (Å²) < 4.78 is 21.5. The number of aliphatic hydroxyl groups excluding tert-OH is 11. The minimum atomic E-state index is -1.94. The Hall–Kier alpha value is -1.91. The van der Waals surface area contributed by atoms with Gasteiger partial charge >= 0.3 is 0 Å². The lowest BCUT2D eigenvalue weighted by Crippen LogP contribution is -2.63. The fourth-order valence-electron chi connectivity index (χ4n) is 4.20. The number of nitrogens with one attached hydrogen (secondary N) is 1. The summed E-state index contributed by atoms with van der Waals surface area (Å²) in [6.07, 6.45) is -23.5. The molecule has 0 amide bonds. The summed E-state index contributed by atoms with van der Waals surface area (Å²) in [7, 11) is 0. The van der Waals surface area contributed by atoms with Gasteiger partial charge in [-0.3, -0.25) is 5.43 Å². The smallest absolute Gasteiger partial charge is 0.187 e. The molecule has 17 nitrogen and oxygen atoms in total. The van der Waals surface area contributed by atoms with Crippen molar-refractivity contribution < 1.29 is 75.1 Å². The Morgan fingerprint density at radius 3 is 2.00 bits per heavy atom. The first-order chi connectivity index (χ1) is 19.5. The molecule has 1 aromatic rings. The Bertz CT molecular complexity index is 930. The van der Waals surface area contributed by atoms with Gasteiger partial charge in [0, 0.05) is 0 Å². The molecule has 0 aromatic heterocycles. The quantitative estimate of drug-likeness (QED) is 0.0748. The maximum absolute atomic E-state index is 10.6. The first kappa shape index (κ1) is 33.6. The molecular formula is C24H38N2O15. The van der Waals surface area contributed by atoms with Gasteiger partial charge in [0.05, 0.1) is 31.7 Å². The monoisotopic (exact) mass is 594 g/mol. The van der Waals surface area contributed by atoms with Crippen LogP contribution in [0.3, 0.4) is 0 Å². The van der Waals surface area contributed by atoms with Crippen LogP contribution in [0.5, 0.6) is 0 Å². The van der Waals surface area contributed by atoms with Gasteiger partial charge in [0.15, 0.2) is 12.6 Å². The number of aliphatic hydroxyl groups is 11. The van der Waals surface area contributed by atoms with Crippen molar-refractivity contribution in [2.24, 2.45) is 5.10 Å². The van der Waals surface area contributed by atoms with E-state index < -0.39 is 106 Å². The van der Waals surface area contributed by atoms with Crippen molar-refractivity contribution in [2.45, 2.75) is 85.8 Å². The number of hydrogen-bond acceptors (Lipinski definition) is 17. The maximum Gasteiger partial charge on any atom is 0.187 e. The molecule has 0 aliphatic carbocycles. The van der Waals surface area contributed by atoms with Crippen molar-refractivity contribution in [3.8, 4) is 0 Å². The molecule has 2 aliphatic heterocycles. The maximum atomic E-state index is 10.6. The van der Waals surface area contributed by atoms with Crippen molar-refractivity contribution in [2.75, 3.05) is 25.2 Å². The SMILES string of the molecule is OCC(O)C(OC1OC(COC2OC(CO)C(O)C(O)C2O)C(O)C(O)C1O)C(O)C(O)C=NNc1ccccc1. The molecule has 3 rings (SSSR count). The molecule has 41 heavy (non-hydrogen) atoms. The minimum Gasteiger partial charge on any atom is -0.394 e. The molecule has 17 heteroatoms. The Labute approximate surface area is 234 Å². The molecule has 12 N–H and O–H groups in total. The first-order valence-electron chi connectivity index (χ1n) is 12.8. The van der Waals surface area contributed by atoms with E-state index in [1.807, 2.05) is 0 Å². The Morgan fingerprint density at radius 2 is 1.39 bits per heavy atom. The molecule has 2 heterocycles. The number of hydrogen-bond donors (Lipinski definition) is 12. The number of ether oxygens (including phenoxy) is 4. The molecule has 14 atom stereocenters. The zero-order valence-corrected chi connectivity index (χ0v) is 21.7. The highest BCUT2D eigenvalue weighted by molar-refractivity contribution is 5.65. The largest absolute Gasteiger partial charge is 0.394 e. The van der Waals surface area contributed by atoms with E-state index in [2.05, 4.69) is 10.5 Å². The molecule has 2 fully saturated rings. The van der Waals surface area contributed by atoms with E-state index in [9.17, 15) is 56.2 Å². The third-order valence-electron chi connectivity index (χ3n) is 6.68. The average Bonchev–Trinajstić information content (AvgIpc) is 2.98. The van der Waals surface area contributed by atoms with Gasteiger partial charge in [0.2, 0.25) is 0 Å². The number of rotatable bonds is 13. The van der Waals surface area contributed by atoms with Crippen LogP contribution in [-0.2, 0) is 18.9 Å². The number of nitrogens with zero attached hydrogens (tertiary/aromatic N) is 1. The highest BCUT2D eigenvalue weighted by atomic mass is 16.7. The van der Waals surface area contributed by atoms with Crippen LogP contribution in [0.25, 0.3) is 0 Å². The third-order valence-corrected chi connectivity index (χ3v) is 6.68. The van der Waals surface area contributed by atoms with E-state index in [0.29, 0.717) is 5.69 Å². The van der Waals surface area contributed by atoms with E-state index in [1.54, 1.807) is 30.3 Å². The standard InChI is InChI=1S/C24H38N2O15/c27-7-12(30)22(15(31)11(29)6-25-26-10-4-2-1-3-5-10)41-24-21(37)19(35)17(33)14(40-24)9-38-23-20(36)18(34)16(32)13(8-28)39-23/h1-6,11-24,26-37H,7-9H2. The predicted molar refractivity (Wildman–Crippen MR) is 135 cm³/mol. The topological polar surface area (TPSA) is 284 Å². The lowest BCUT2D eigenvalue weighted by atomic mass is 9.98. The van der Waals surface area contributed by atoms with Crippen LogP contribution >= 0.6 is 0 Å². The zero-order chi connectivity index (χ0) is 30.3. The summed E-state index contributed by atoms with van der Waals surface area (Å²) in [4.78, 5) is 0. The van der Waals surface area contributed by atoms with Crippen molar-refractivity contribution in [3.63, 3.8) is 0 Å². The number of anilines is 1. The second-order valence-electron chi connectivity index (χ2n) is 9.63. The molecule has 0 bridgehead atoms. The summed E-state index contributed by atoms with van der Waals surface area (Å²) in [5.74, 6) is 0. The van der Waals surface area contributed by atoms with Gasteiger partial charge in [-0.1, -0.05) is 18.2 Å².